The zero-order chi connectivity index (χ0) is 18.4. The fourth-order valence-corrected chi connectivity index (χ4v) is 2.36. The van der Waals surface area contributed by atoms with Crippen molar-refractivity contribution >= 4 is 12.1 Å². The fourth-order valence-electron chi connectivity index (χ4n) is 2.36. The fraction of sp³-hybridized carbons (Fsp3) is 0.368. The number of nitrogens with one attached hydrogen (secondary N) is 1. The van der Waals surface area contributed by atoms with Crippen LogP contribution in [0, 0.1) is 0 Å². The van der Waals surface area contributed by atoms with Crippen LogP contribution in [0.5, 0.6) is 0 Å². The van der Waals surface area contributed by atoms with E-state index in [1.165, 1.54) is 7.11 Å². The van der Waals surface area contributed by atoms with Crippen molar-refractivity contribution in [3.8, 4) is 5.69 Å². The second-order valence-corrected chi connectivity index (χ2v) is 6.60. The van der Waals surface area contributed by atoms with Crippen LogP contribution in [0.25, 0.3) is 5.69 Å². The summed E-state index contributed by atoms with van der Waals surface area (Å²) in [4.78, 5) is 23.8. The highest BCUT2D eigenvalue weighted by Gasteiger charge is 2.17. The van der Waals surface area contributed by atoms with Gasteiger partial charge in [-0.25, -0.2) is 9.59 Å². The van der Waals surface area contributed by atoms with Gasteiger partial charge in [-0.05, 0) is 57.0 Å². The maximum atomic E-state index is 12.1. The first-order valence-corrected chi connectivity index (χ1v) is 8.11. The Morgan fingerprint density at radius 3 is 2.44 bits per heavy atom. The molecule has 0 saturated heterocycles. The first-order chi connectivity index (χ1) is 11.8. The number of carbonyl (C=O) groups excluding carboxylic acids is 2. The summed E-state index contributed by atoms with van der Waals surface area (Å²) >= 11 is 0. The number of ether oxygens (including phenoxy) is 2. The molecule has 0 aliphatic rings. The van der Waals surface area contributed by atoms with Gasteiger partial charge in [-0.1, -0.05) is 6.07 Å². The summed E-state index contributed by atoms with van der Waals surface area (Å²) in [6.45, 7) is 5.79. The van der Waals surface area contributed by atoms with E-state index in [4.69, 9.17) is 9.47 Å². The molecule has 0 bridgehead atoms. The van der Waals surface area contributed by atoms with Crippen molar-refractivity contribution in [3.05, 3.63) is 53.9 Å². The van der Waals surface area contributed by atoms with Crippen molar-refractivity contribution in [1.29, 1.82) is 0 Å². The molecular weight excluding hydrogens is 320 g/mol. The molecule has 0 spiro atoms. The maximum absolute atomic E-state index is 12.1. The molecule has 2 rings (SSSR count). The number of aromatic nitrogens is 1. The number of methoxy groups -OCH3 is 1. The minimum atomic E-state index is -0.542. The monoisotopic (exact) mass is 344 g/mol. The Hall–Kier alpha value is -2.76. The number of carbonyl (C=O) groups is 2. The van der Waals surface area contributed by atoms with Crippen LogP contribution < -0.4 is 5.32 Å². The number of hydrogen-bond donors (Lipinski definition) is 1. The van der Waals surface area contributed by atoms with E-state index < -0.39 is 17.7 Å². The normalized spacial score (nSPS) is 11.0. The second kappa shape index (κ2) is 7.88. The summed E-state index contributed by atoms with van der Waals surface area (Å²) in [6, 6.07) is 9.41. The molecule has 25 heavy (non-hydrogen) atoms. The van der Waals surface area contributed by atoms with E-state index in [9.17, 15) is 9.59 Å². The Kier molecular flexibility index (Phi) is 5.85. The van der Waals surface area contributed by atoms with Gasteiger partial charge in [-0.2, -0.15) is 0 Å². The van der Waals surface area contributed by atoms with Gasteiger partial charge in [0.15, 0.2) is 0 Å². The van der Waals surface area contributed by atoms with Gasteiger partial charge in [0.25, 0.3) is 0 Å². The molecule has 1 aromatic heterocycles. The van der Waals surface area contributed by atoms with Crippen LogP contribution in [0.2, 0.25) is 0 Å². The molecule has 1 aromatic carbocycles. The number of amides is 1. The Morgan fingerprint density at radius 1 is 1.16 bits per heavy atom. The van der Waals surface area contributed by atoms with Crippen LogP contribution >= 0.6 is 0 Å². The molecule has 6 heteroatoms. The van der Waals surface area contributed by atoms with Crippen molar-refractivity contribution in [2.24, 2.45) is 0 Å². The van der Waals surface area contributed by atoms with Gasteiger partial charge in [-0.15, -0.1) is 0 Å². The highest BCUT2D eigenvalue weighted by atomic mass is 16.6. The Bertz CT molecular complexity index is 730. The van der Waals surface area contributed by atoms with Gasteiger partial charge in [-0.3, -0.25) is 0 Å². The van der Waals surface area contributed by atoms with Gasteiger partial charge in [0, 0.05) is 24.6 Å². The lowest BCUT2D eigenvalue weighted by molar-refractivity contribution is 0.0528. The summed E-state index contributed by atoms with van der Waals surface area (Å²) in [5.74, 6) is -0.402. The van der Waals surface area contributed by atoms with E-state index in [1.807, 2.05) is 62.0 Å². The molecule has 0 radical (unpaired) electrons. The summed E-state index contributed by atoms with van der Waals surface area (Å²) in [7, 11) is 1.35. The Balaban J connectivity index is 2.09. The van der Waals surface area contributed by atoms with Crippen molar-refractivity contribution in [2.75, 3.05) is 13.7 Å². The van der Waals surface area contributed by atoms with Gasteiger partial charge in [0.1, 0.15) is 5.60 Å². The number of rotatable bonds is 5. The van der Waals surface area contributed by atoms with Gasteiger partial charge < -0.3 is 19.4 Å². The van der Waals surface area contributed by atoms with Gasteiger partial charge in [0.05, 0.1) is 12.7 Å². The smallest absolute Gasteiger partial charge is 0.407 e. The van der Waals surface area contributed by atoms with Crippen molar-refractivity contribution in [1.82, 2.24) is 9.88 Å². The quantitative estimate of drug-likeness (QED) is 0.845. The average molecular weight is 344 g/mol. The number of alkyl carbamates (subject to hydrolysis) is 1. The van der Waals surface area contributed by atoms with Crippen LogP contribution in [0.1, 0.15) is 36.7 Å². The van der Waals surface area contributed by atoms with Crippen LogP contribution in [-0.4, -0.2) is 35.9 Å². The Morgan fingerprint density at radius 2 is 1.84 bits per heavy atom. The number of benzene rings is 1. The average Bonchev–Trinajstić information content (AvgIpc) is 3.07. The molecule has 1 N–H and O–H groups in total. The highest BCUT2D eigenvalue weighted by Crippen LogP contribution is 2.17. The number of hydrogen-bond acceptors (Lipinski definition) is 4. The van der Waals surface area contributed by atoms with Crippen LogP contribution in [0.4, 0.5) is 4.79 Å². The molecule has 6 nitrogen and oxygen atoms in total. The van der Waals surface area contributed by atoms with Gasteiger partial charge in [0.2, 0.25) is 0 Å². The number of esters is 1. The molecule has 134 valence electrons. The van der Waals surface area contributed by atoms with E-state index in [0.29, 0.717) is 18.5 Å². The molecule has 0 saturated carbocycles. The molecule has 0 aliphatic carbocycles. The largest absolute Gasteiger partial charge is 0.465 e. The van der Waals surface area contributed by atoms with Gasteiger partial charge >= 0.3 is 12.1 Å². The zero-order valence-electron chi connectivity index (χ0n) is 15.0. The topological polar surface area (TPSA) is 69.6 Å². The predicted molar refractivity (Wildman–Crippen MR) is 95.0 cm³/mol. The molecule has 0 unspecified atom stereocenters. The molecule has 1 amide bonds. The van der Waals surface area contributed by atoms with Crippen molar-refractivity contribution in [2.45, 2.75) is 32.8 Å². The molecule has 2 aromatic rings. The SMILES string of the molecule is COC(=O)c1cc(-n2cccc2)ccc1CCNC(=O)OC(C)(C)C. The summed E-state index contributed by atoms with van der Waals surface area (Å²) in [5.41, 5.74) is 1.62. The summed E-state index contributed by atoms with van der Waals surface area (Å²) in [5, 5.41) is 2.70. The van der Waals surface area contributed by atoms with Crippen molar-refractivity contribution < 1.29 is 19.1 Å². The standard InChI is InChI=1S/C19H24N2O4/c1-19(2,3)25-18(23)20-10-9-14-7-8-15(21-11-5-6-12-21)13-16(14)17(22)24-4/h5-8,11-13H,9-10H2,1-4H3,(H,20,23). The minimum Gasteiger partial charge on any atom is -0.465 e. The van der Waals surface area contributed by atoms with E-state index in [-0.39, 0.29) is 0 Å². The van der Waals surface area contributed by atoms with E-state index in [0.717, 1.165) is 11.3 Å². The lowest BCUT2D eigenvalue weighted by atomic mass is 10.0. The molecule has 0 fully saturated rings. The lowest BCUT2D eigenvalue weighted by Crippen LogP contribution is -2.33. The lowest BCUT2D eigenvalue weighted by Gasteiger charge is -2.19. The third-order valence-corrected chi connectivity index (χ3v) is 3.46. The van der Waals surface area contributed by atoms with E-state index >= 15 is 0 Å². The molecule has 0 atom stereocenters. The maximum Gasteiger partial charge on any atom is 0.407 e. The summed E-state index contributed by atoms with van der Waals surface area (Å²) < 4.78 is 12.0. The summed E-state index contributed by atoms with van der Waals surface area (Å²) in [6.07, 6.45) is 3.83. The van der Waals surface area contributed by atoms with E-state index in [2.05, 4.69) is 5.32 Å². The van der Waals surface area contributed by atoms with Crippen LogP contribution in [-0.2, 0) is 15.9 Å². The first-order valence-electron chi connectivity index (χ1n) is 8.11. The van der Waals surface area contributed by atoms with Crippen LogP contribution in [0.15, 0.2) is 42.7 Å². The number of nitrogens with zero attached hydrogens (tertiary/aromatic N) is 1. The molecule has 1 heterocycles. The Labute approximate surface area is 147 Å². The highest BCUT2D eigenvalue weighted by molar-refractivity contribution is 5.91. The third-order valence-electron chi connectivity index (χ3n) is 3.46. The van der Waals surface area contributed by atoms with Crippen molar-refractivity contribution in [3.63, 3.8) is 0 Å². The molecule has 0 aliphatic heterocycles. The predicted octanol–water partition coefficient (Wildman–Crippen LogP) is 3.33. The molecular formula is C19H24N2O4. The zero-order valence-corrected chi connectivity index (χ0v) is 15.0. The second-order valence-electron chi connectivity index (χ2n) is 6.60. The minimum absolute atomic E-state index is 0.363. The van der Waals surface area contributed by atoms with E-state index in [1.54, 1.807) is 6.07 Å². The third kappa shape index (κ3) is 5.38. The first kappa shape index (κ1) is 18.6. The van der Waals surface area contributed by atoms with Crippen LogP contribution in [0.3, 0.4) is 0 Å².